The minimum Gasteiger partial charge on any atom is -0.421 e. The lowest BCUT2D eigenvalue weighted by Crippen LogP contribution is -2.30. The summed E-state index contributed by atoms with van der Waals surface area (Å²) in [6.45, 7) is 12.3. The van der Waals surface area contributed by atoms with Gasteiger partial charge < -0.3 is 12.4 Å². The van der Waals surface area contributed by atoms with Crippen molar-refractivity contribution in [2.75, 3.05) is 0 Å². The highest BCUT2D eigenvalue weighted by atomic mass is 32.3. The van der Waals surface area contributed by atoms with Crippen LogP contribution >= 0.6 is 0 Å². The van der Waals surface area contributed by atoms with Crippen LogP contribution in [0.5, 0.6) is 0 Å². The molecule has 0 aromatic carbocycles. The van der Waals surface area contributed by atoms with Crippen LogP contribution in [0.15, 0.2) is 56.2 Å². The van der Waals surface area contributed by atoms with Crippen LogP contribution in [-0.4, -0.2) is 97.3 Å². The van der Waals surface area contributed by atoms with E-state index in [0.29, 0.717) is 0 Å². The van der Waals surface area contributed by atoms with Gasteiger partial charge in [0.15, 0.2) is 60.1 Å². The Morgan fingerprint density at radius 2 is 0.573 bits per heavy atom. The number of sulfonamides is 6. The molecule has 3 aromatic rings. The maximum atomic E-state index is 11.4. The van der Waals surface area contributed by atoms with Gasteiger partial charge in [-0.05, 0) is 18.8 Å². The fourth-order valence-corrected chi connectivity index (χ4v) is 8.75. The van der Waals surface area contributed by atoms with Crippen LogP contribution < -0.4 is 13.7 Å². The number of alkyl halides is 18. The Morgan fingerprint density at radius 1 is 0.387 bits per heavy atom. The Bertz CT molecular complexity index is 2520. The first-order valence-electron chi connectivity index (χ1n) is 19.1. The fraction of sp³-hybridized carbons (Fsp3) is 0.700. The topological polar surface area (TPSA) is 274 Å². The molecule has 0 fully saturated rings. The molecule has 0 N–H and O–H groups in total. The van der Waals surface area contributed by atoms with E-state index in [1.807, 2.05) is 21.1 Å². The Balaban J connectivity index is -0.000000836. The molecule has 0 saturated carbocycles. The largest absolute Gasteiger partial charge is 0.480 e. The molecule has 21 nitrogen and oxygen atoms in total. The molecular formula is C30H45F18N9O12S6. The average Bonchev–Trinajstić information content (AvgIpc) is 3.90. The van der Waals surface area contributed by atoms with Gasteiger partial charge in [-0.25, -0.2) is 77.9 Å². The Kier molecular flexibility index (Phi) is 28.6. The quantitative estimate of drug-likeness (QED) is 0.126. The van der Waals surface area contributed by atoms with Crippen LogP contribution in [0.25, 0.3) is 12.4 Å². The smallest absolute Gasteiger partial charge is 0.421 e. The van der Waals surface area contributed by atoms with E-state index in [1.54, 1.807) is 0 Å². The maximum absolute atomic E-state index is 11.4. The second-order valence-corrected chi connectivity index (χ2v) is 24.5. The predicted molar refractivity (Wildman–Crippen MR) is 221 cm³/mol. The molecule has 0 amide bonds. The van der Waals surface area contributed by atoms with E-state index in [0.717, 1.165) is 37.9 Å². The second kappa shape index (κ2) is 28.5. The molecule has 0 aliphatic rings. The van der Waals surface area contributed by atoms with Crippen molar-refractivity contribution < 1.29 is 143 Å². The zero-order valence-corrected chi connectivity index (χ0v) is 43.8. The lowest BCUT2D eigenvalue weighted by Gasteiger charge is -2.22. The van der Waals surface area contributed by atoms with Gasteiger partial charge in [-0.3, -0.25) is 0 Å². The number of hydrogen-bond donors (Lipinski definition) is 0. The zero-order chi connectivity index (χ0) is 60.5. The molecule has 0 bridgehead atoms. The Morgan fingerprint density at radius 3 is 0.707 bits per heavy atom. The van der Waals surface area contributed by atoms with Crippen LogP contribution in [0.1, 0.15) is 53.4 Å². The number of nitrogens with zero attached hydrogens (tertiary/aromatic N) is 9. The summed E-state index contributed by atoms with van der Waals surface area (Å²) in [5, 5.41) is 0. The minimum absolute atomic E-state index is 0.729. The van der Waals surface area contributed by atoms with Gasteiger partial charge in [-0.2, -0.15) is 79.0 Å². The van der Waals surface area contributed by atoms with Crippen LogP contribution in [-0.2, 0) is 101 Å². The number of imidazole rings is 3. The lowest BCUT2D eigenvalue weighted by atomic mass is 10.2. The van der Waals surface area contributed by atoms with Gasteiger partial charge in [-0.1, -0.05) is 40.5 Å². The summed E-state index contributed by atoms with van der Waals surface area (Å²) in [5.74, 6) is 0.729. The summed E-state index contributed by atoms with van der Waals surface area (Å²) in [6, 6.07) is 0. The molecule has 45 heteroatoms. The molecule has 0 unspecified atom stereocenters. The fourth-order valence-electron chi connectivity index (χ4n) is 3.62. The van der Waals surface area contributed by atoms with E-state index in [1.165, 1.54) is 25.7 Å². The molecule has 0 radical (unpaired) electrons. The highest BCUT2D eigenvalue weighted by Gasteiger charge is 2.49. The number of hydrogen-bond acceptors (Lipinski definition) is 12. The first-order valence-corrected chi connectivity index (χ1v) is 27.7. The summed E-state index contributed by atoms with van der Waals surface area (Å²) in [6.07, 6.45) is 23.9. The third-order valence-corrected chi connectivity index (χ3v) is 15.2. The highest BCUT2D eigenvalue weighted by Crippen LogP contribution is 2.38. The molecular weight excluding hydrogens is 1210 g/mol. The van der Waals surface area contributed by atoms with Gasteiger partial charge >= 0.3 is 33.0 Å². The van der Waals surface area contributed by atoms with Gasteiger partial charge in [0.1, 0.15) is 37.2 Å². The first kappa shape index (κ1) is 75.2. The highest BCUT2D eigenvalue weighted by molar-refractivity contribution is 8.14. The normalized spacial score (nSPS) is 13.4. The molecule has 75 heavy (non-hydrogen) atoms. The van der Waals surface area contributed by atoms with Crippen LogP contribution in [0.3, 0.4) is 0 Å². The molecule has 0 saturated heterocycles. The molecule has 3 aromatic heterocycles. The van der Waals surface area contributed by atoms with Crippen molar-refractivity contribution in [3.05, 3.63) is 68.5 Å². The van der Waals surface area contributed by atoms with Gasteiger partial charge in [0.25, 0.3) is 0 Å². The van der Waals surface area contributed by atoms with Crippen molar-refractivity contribution in [1.29, 1.82) is 0 Å². The summed E-state index contributed by atoms with van der Waals surface area (Å²) in [4.78, 5) is 0. The van der Waals surface area contributed by atoms with E-state index >= 15 is 0 Å². The molecule has 3 heterocycles. The first-order chi connectivity index (χ1) is 33.0. The van der Waals surface area contributed by atoms with E-state index in [9.17, 15) is 130 Å². The van der Waals surface area contributed by atoms with Crippen LogP contribution in [0.4, 0.5) is 79.0 Å². The standard InChI is InChI=1S/3C8H15N2.3C2F6NO4S2/c1-8(2)6-10-5-4-9(3)7-10;2*1-3-4-5-10-7-6-9(2)8-10;3*3-1(4,5)14(10,11)9-15(12,13)2(6,7)8/h4-5,7-8H,6H2,1-3H3;2*6-8H,3-5H2,1-2H3;;;/q3*+1;3*-1. The van der Waals surface area contributed by atoms with Gasteiger partial charge in [0, 0.05) is 0 Å². The SMILES string of the molecule is CC(C)Cn1cc[n+](C)c1.CCCCn1cc[n+](C)c1.CCCCn1cc[n+](C)c1.O=S(=O)([N-]S(=O)(=O)C(F)(F)F)C(F)(F)F.O=S(=O)([N-]S(=O)(=O)C(F)(F)F)C(F)(F)F.O=S(=O)([N-]S(=O)(=O)C(F)(F)F)C(F)(F)F. The van der Waals surface area contributed by atoms with E-state index < -0.39 is 93.2 Å². The third kappa shape index (κ3) is 28.2. The Hall–Kier alpha value is -4.05. The molecule has 0 atom stereocenters. The number of halogens is 18. The Labute approximate surface area is 417 Å². The van der Waals surface area contributed by atoms with Gasteiger partial charge in [0.2, 0.25) is 19.0 Å². The monoisotopic (exact) mass is 1260 g/mol. The summed E-state index contributed by atoms with van der Waals surface area (Å²) in [5.41, 5.74) is -37.2. The molecule has 0 aliphatic carbocycles. The van der Waals surface area contributed by atoms with Crippen molar-refractivity contribution in [3.63, 3.8) is 0 Å². The van der Waals surface area contributed by atoms with Gasteiger partial charge in [0.05, 0.1) is 40.8 Å². The third-order valence-electron chi connectivity index (χ3n) is 6.93. The van der Waals surface area contributed by atoms with Crippen LogP contribution in [0, 0.1) is 5.92 Å². The summed E-state index contributed by atoms with van der Waals surface area (Å²) in [7, 11) is -34.2. The van der Waals surface area contributed by atoms with Crippen molar-refractivity contribution in [1.82, 2.24) is 13.7 Å². The van der Waals surface area contributed by atoms with Crippen molar-refractivity contribution in [2.24, 2.45) is 27.1 Å². The number of rotatable bonds is 14. The van der Waals surface area contributed by atoms with Gasteiger partial charge in [-0.15, -0.1) is 0 Å². The number of aromatic nitrogens is 6. The zero-order valence-electron chi connectivity index (χ0n) is 38.9. The van der Waals surface area contributed by atoms with E-state index in [2.05, 4.69) is 111 Å². The van der Waals surface area contributed by atoms with E-state index in [4.69, 9.17) is 0 Å². The maximum Gasteiger partial charge on any atom is 0.480 e. The number of aryl methyl sites for hydroxylation is 5. The number of unbranched alkanes of at least 4 members (excludes halogenated alkanes) is 2. The van der Waals surface area contributed by atoms with Crippen molar-refractivity contribution in [2.45, 2.75) is 106 Å². The molecule has 3 rings (SSSR count). The second-order valence-electron chi connectivity index (χ2n) is 14.3. The lowest BCUT2D eigenvalue weighted by molar-refractivity contribution is -0.671. The van der Waals surface area contributed by atoms with Crippen molar-refractivity contribution in [3.8, 4) is 0 Å². The predicted octanol–water partition coefficient (Wildman–Crippen LogP) is 6.37. The molecule has 0 spiro atoms. The molecule has 0 aliphatic heterocycles. The average molecular weight is 1260 g/mol. The van der Waals surface area contributed by atoms with Crippen LogP contribution in [0.2, 0.25) is 0 Å². The minimum atomic E-state index is -6.72. The van der Waals surface area contributed by atoms with Crippen molar-refractivity contribution >= 4 is 60.1 Å². The molecule has 444 valence electrons. The van der Waals surface area contributed by atoms with E-state index in [-0.39, 0.29) is 0 Å². The summed E-state index contributed by atoms with van der Waals surface area (Å²) >= 11 is 0. The summed E-state index contributed by atoms with van der Waals surface area (Å²) < 4.78 is 340.